The minimum atomic E-state index is -3.43. The van der Waals surface area contributed by atoms with Gasteiger partial charge in [-0.15, -0.1) is 0 Å². The molecule has 196 valence electrons. The third-order valence-corrected chi connectivity index (χ3v) is 8.94. The molecule has 3 unspecified atom stereocenters. The summed E-state index contributed by atoms with van der Waals surface area (Å²) in [5.74, 6) is -1.20. The zero-order chi connectivity index (χ0) is 26.0. The van der Waals surface area contributed by atoms with E-state index in [2.05, 4.69) is 10.00 Å². The molecular weight excluding hydrogens is 494 g/mol. The standard InChI is InChI=1S/C24H30F2N4O5S/c1-24(2,3)29(23(31)32)21-10-15(13-35-22(21)16-9-14(25)6-7-18(16)26)28-11-17-19(12-28)27-30-20(17)5-4-8-36(30,33)34/h6-7,9,15,21-22H,4-5,8,10-13H2,1-3H3,(H,31,32). The Bertz CT molecular complexity index is 1310. The van der Waals surface area contributed by atoms with Gasteiger partial charge in [0.15, 0.2) is 0 Å². The summed E-state index contributed by atoms with van der Waals surface area (Å²) in [6, 6.07) is 2.12. The van der Waals surface area contributed by atoms with Crippen LogP contribution in [0.4, 0.5) is 13.6 Å². The van der Waals surface area contributed by atoms with Gasteiger partial charge in [0.1, 0.15) is 17.7 Å². The first kappa shape index (κ1) is 25.1. The number of ether oxygens (including phenoxy) is 1. The van der Waals surface area contributed by atoms with Gasteiger partial charge in [-0.1, -0.05) is 0 Å². The van der Waals surface area contributed by atoms with Gasteiger partial charge in [0.05, 0.1) is 29.8 Å². The number of hydrogen-bond donors (Lipinski definition) is 1. The third kappa shape index (κ3) is 4.28. The Labute approximate surface area is 208 Å². The molecule has 1 fully saturated rings. The summed E-state index contributed by atoms with van der Waals surface area (Å²) < 4.78 is 60.9. The molecule has 3 aliphatic rings. The molecule has 0 saturated carbocycles. The number of nitrogens with zero attached hydrogens (tertiary/aromatic N) is 4. The van der Waals surface area contributed by atoms with E-state index in [9.17, 15) is 27.1 Å². The van der Waals surface area contributed by atoms with E-state index in [1.54, 1.807) is 20.8 Å². The van der Waals surface area contributed by atoms with E-state index in [1.807, 2.05) is 0 Å². The lowest BCUT2D eigenvalue weighted by Gasteiger charge is -2.48. The van der Waals surface area contributed by atoms with E-state index in [-0.39, 0.29) is 24.0 Å². The van der Waals surface area contributed by atoms with E-state index >= 15 is 0 Å². The van der Waals surface area contributed by atoms with Gasteiger partial charge in [-0.3, -0.25) is 9.80 Å². The van der Waals surface area contributed by atoms with E-state index in [4.69, 9.17) is 4.74 Å². The quantitative estimate of drug-likeness (QED) is 0.657. The molecule has 12 heteroatoms. The van der Waals surface area contributed by atoms with Crippen LogP contribution in [0.1, 0.15) is 62.2 Å². The number of carbonyl (C=O) groups is 1. The monoisotopic (exact) mass is 524 g/mol. The number of aromatic nitrogens is 2. The van der Waals surface area contributed by atoms with Crippen LogP contribution in [0.25, 0.3) is 0 Å². The summed E-state index contributed by atoms with van der Waals surface area (Å²) in [5.41, 5.74) is 1.49. The highest BCUT2D eigenvalue weighted by Crippen LogP contribution is 2.40. The van der Waals surface area contributed by atoms with Gasteiger partial charge in [0.25, 0.3) is 10.0 Å². The molecular formula is C24H30F2N4O5S. The van der Waals surface area contributed by atoms with Crippen LogP contribution in [-0.4, -0.2) is 68.6 Å². The van der Waals surface area contributed by atoms with Crippen molar-refractivity contribution in [2.75, 3.05) is 12.4 Å². The van der Waals surface area contributed by atoms with Crippen LogP contribution in [0, 0.1) is 11.6 Å². The molecule has 3 atom stereocenters. The first-order valence-corrected chi connectivity index (χ1v) is 13.6. The smallest absolute Gasteiger partial charge is 0.408 e. The molecule has 4 heterocycles. The fraction of sp³-hybridized carbons (Fsp3) is 0.583. The number of amides is 1. The van der Waals surface area contributed by atoms with Gasteiger partial charge in [0.2, 0.25) is 0 Å². The van der Waals surface area contributed by atoms with Crippen molar-refractivity contribution in [2.45, 2.75) is 76.8 Å². The van der Waals surface area contributed by atoms with Crippen molar-refractivity contribution in [1.29, 1.82) is 0 Å². The van der Waals surface area contributed by atoms with Crippen LogP contribution in [-0.2, 0) is 34.3 Å². The lowest BCUT2D eigenvalue weighted by molar-refractivity contribution is -0.103. The fourth-order valence-corrected chi connectivity index (χ4v) is 7.21. The number of rotatable bonds is 3. The molecule has 2 aromatic rings. The highest BCUT2D eigenvalue weighted by atomic mass is 32.2. The zero-order valence-corrected chi connectivity index (χ0v) is 21.3. The minimum Gasteiger partial charge on any atom is -0.465 e. The number of benzene rings is 1. The predicted molar refractivity (Wildman–Crippen MR) is 126 cm³/mol. The summed E-state index contributed by atoms with van der Waals surface area (Å²) in [7, 11) is -3.43. The highest BCUT2D eigenvalue weighted by molar-refractivity contribution is 7.89. The molecule has 36 heavy (non-hydrogen) atoms. The van der Waals surface area contributed by atoms with Crippen LogP contribution in [0.15, 0.2) is 18.2 Å². The molecule has 1 N–H and O–H groups in total. The topological polar surface area (TPSA) is 105 Å². The number of fused-ring (bicyclic) bond motifs is 3. The molecule has 0 aliphatic carbocycles. The van der Waals surface area contributed by atoms with Gasteiger partial charge < -0.3 is 9.84 Å². The molecule has 3 aliphatic heterocycles. The Morgan fingerprint density at radius 1 is 1.25 bits per heavy atom. The summed E-state index contributed by atoms with van der Waals surface area (Å²) in [5, 5.41) is 14.5. The Balaban J connectivity index is 1.45. The normalized spacial score (nSPS) is 25.9. The lowest BCUT2D eigenvalue weighted by Crippen LogP contribution is -2.58. The third-order valence-electron chi connectivity index (χ3n) is 7.31. The van der Waals surface area contributed by atoms with Crippen LogP contribution < -0.4 is 0 Å². The summed E-state index contributed by atoms with van der Waals surface area (Å²) in [4.78, 5) is 15.7. The molecule has 5 rings (SSSR count). The second-order valence-electron chi connectivity index (χ2n) is 10.7. The zero-order valence-electron chi connectivity index (χ0n) is 20.4. The molecule has 9 nitrogen and oxygen atoms in total. The van der Waals surface area contributed by atoms with E-state index < -0.39 is 45.4 Å². The van der Waals surface area contributed by atoms with Crippen molar-refractivity contribution >= 4 is 16.1 Å². The second-order valence-corrected chi connectivity index (χ2v) is 12.7. The summed E-state index contributed by atoms with van der Waals surface area (Å²) in [6.07, 6.45) is -0.629. The first-order chi connectivity index (χ1) is 16.9. The predicted octanol–water partition coefficient (Wildman–Crippen LogP) is 3.28. The van der Waals surface area contributed by atoms with Crippen molar-refractivity contribution in [3.05, 3.63) is 52.3 Å². The molecule has 1 amide bonds. The van der Waals surface area contributed by atoms with Crippen molar-refractivity contribution in [2.24, 2.45) is 0 Å². The molecule has 0 bridgehead atoms. The number of hydrogen-bond acceptors (Lipinski definition) is 6. The molecule has 1 aromatic carbocycles. The molecule has 1 saturated heterocycles. The SMILES string of the molecule is CC(C)(C)N(C(=O)O)C1CC(N2Cc3nn4c(c3C2)CCCS4(=O)=O)COC1c1cc(F)ccc1F. The Hall–Kier alpha value is -2.57. The second kappa shape index (κ2) is 8.77. The van der Waals surface area contributed by atoms with Gasteiger partial charge in [-0.05, 0) is 58.2 Å². The van der Waals surface area contributed by atoms with Gasteiger partial charge >= 0.3 is 6.09 Å². The van der Waals surface area contributed by atoms with Crippen molar-refractivity contribution in [3.8, 4) is 0 Å². The van der Waals surface area contributed by atoms with E-state index in [0.717, 1.165) is 23.8 Å². The number of carboxylic acid groups (broad SMARTS) is 1. The van der Waals surface area contributed by atoms with Crippen LogP contribution in [0.3, 0.4) is 0 Å². The maximum Gasteiger partial charge on any atom is 0.408 e. The highest BCUT2D eigenvalue weighted by Gasteiger charge is 2.46. The average molecular weight is 525 g/mol. The molecule has 0 spiro atoms. The van der Waals surface area contributed by atoms with Gasteiger partial charge in [-0.2, -0.15) is 9.19 Å². The van der Waals surface area contributed by atoms with E-state index in [0.29, 0.717) is 43.7 Å². The van der Waals surface area contributed by atoms with Gasteiger partial charge in [0, 0.05) is 35.8 Å². The van der Waals surface area contributed by atoms with Gasteiger partial charge in [-0.25, -0.2) is 22.0 Å². The largest absolute Gasteiger partial charge is 0.465 e. The maximum absolute atomic E-state index is 14.8. The number of halogens is 2. The Morgan fingerprint density at radius 2 is 2.00 bits per heavy atom. The Morgan fingerprint density at radius 3 is 2.69 bits per heavy atom. The maximum atomic E-state index is 14.8. The fourth-order valence-electron chi connectivity index (χ4n) is 5.76. The van der Waals surface area contributed by atoms with Crippen molar-refractivity contribution < 1.29 is 31.8 Å². The van der Waals surface area contributed by atoms with Crippen molar-refractivity contribution in [1.82, 2.24) is 19.0 Å². The first-order valence-electron chi connectivity index (χ1n) is 12.0. The summed E-state index contributed by atoms with van der Waals surface area (Å²) in [6.45, 7) is 6.33. The van der Waals surface area contributed by atoms with Crippen LogP contribution in [0.2, 0.25) is 0 Å². The minimum absolute atomic E-state index is 0.00963. The molecule has 1 aromatic heterocycles. The van der Waals surface area contributed by atoms with E-state index in [1.165, 1.54) is 8.99 Å². The lowest BCUT2D eigenvalue weighted by atomic mass is 9.88. The Kier molecular flexibility index (Phi) is 6.12. The van der Waals surface area contributed by atoms with Crippen LogP contribution in [0.5, 0.6) is 0 Å². The molecule has 0 radical (unpaired) electrons. The average Bonchev–Trinajstić information content (AvgIpc) is 3.34. The van der Waals surface area contributed by atoms with Crippen LogP contribution >= 0.6 is 0 Å². The summed E-state index contributed by atoms with van der Waals surface area (Å²) >= 11 is 0. The van der Waals surface area contributed by atoms with Crippen molar-refractivity contribution in [3.63, 3.8) is 0 Å².